The minimum Gasteiger partial charge on any atom is -0.371 e. The van der Waals surface area contributed by atoms with Crippen LogP contribution in [0.5, 0.6) is 0 Å². The molecular formula is C22H25N3O2. The summed E-state index contributed by atoms with van der Waals surface area (Å²) in [5.41, 5.74) is 2.87. The van der Waals surface area contributed by atoms with Crippen molar-refractivity contribution in [3.05, 3.63) is 76.3 Å². The fourth-order valence-corrected chi connectivity index (χ4v) is 3.82. The van der Waals surface area contributed by atoms with Crippen LogP contribution < -0.4 is 5.56 Å². The Labute approximate surface area is 159 Å². The van der Waals surface area contributed by atoms with Gasteiger partial charge in [-0.1, -0.05) is 24.3 Å². The van der Waals surface area contributed by atoms with E-state index >= 15 is 0 Å². The normalized spacial score (nSPS) is 18.0. The Hall–Kier alpha value is -2.50. The first-order valence-corrected chi connectivity index (χ1v) is 9.52. The second-order valence-electron chi connectivity index (χ2n) is 7.22. The van der Waals surface area contributed by atoms with E-state index in [-0.39, 0.29) is 11.7 Å². The Morgan fingerprint density at radius 3 is 2.89 bits per heavy atom. The molecule has 3 heterocycles. The van der Waals surface area contributed by atoms with Gasteiger partial charge in [0.1, 0.15) is 0 Å². The SMILES string of the molecule is Cn1c(=O)c(CN2CCC[C@@H](OCc3ccccn3)C2)cc2ccccc21. The zero-order valence-corrected chi connectivity index (χ0v) is 15.7. The summed E-state index contributed by atoms with van der Waals surface area (Å²) in [5.74, 6) is 0. The van der Waals surface area contributed by atoms with Gasteiger partial charge in [-0.05, 0) is 49.0 Å². The summed E-state index contributed by atoms with van der Waals surface area (Å²) in [6.07, 6.45) is 4.12. The largest absolute Gasteiger partial charge is 0.371 e. The van der Waals surface area contributed by atoms with Gasteiger partial charge in [-0.3, -0.25) is 14.7 Å². The lowest BCUT2D eigenvalue weighted by atomic mass is 10.1. The van der Waals surface area contributed by atoms with Crippen LogP contribution in [0.1, 0.15) is 24.1 Å². The lowest BCUT2D eigenvalue weighted by Crippen LogP contribution is -2.40. The highest BCUT2D eigenvalue weighted by molar-refractivity contribution is 5.79. The Morgan fingerprint density at radius 2 is 2.04 bits per heavy atom. The van der Waals surface area contributed by atoms with Crippen LogP contribution in [0.2, 0.25) is 0 Å². The number of likely N-dealkylation sites (tertiary alicyclic amines) is 1. The highest BCUT2D eigenvalue weighted by Gasteiger charge is 2.22. The van der Waals surface area contributed by atoms with Crippen molar-refractivity contribution in [1.82, 2.24) is 14.5 Å². The van der Waals surface area contributed by atoms with Crippen LogP contribution >= 0.6 is 0 Å². The van der Waals surface area contributed by atoms with Crippen LogP contribution in [0.4, 0.5) is 0 Å². The molecular weight excluding hydrogens is 338 g/mol. The molecule has 140 valence electrons. The second-order valence-corrected chi connectivity index (χ2v) is 7.22. The molecule has 2 aromatic heterocycles. The summed E-state index contributed by atoms with van der Waals surface area (Å²) in [7, 11) is 1.85. The van der Waals surface area contributed by atoms with Gasteiger partial charge in [0.25, 0.3) is 5.56 Å². The van der Waals surface area contributed by atoms with Gasteiger partial charge in [-0.25, -0.2) is 0 Å². The van der Waals surface area contributed by atoms with Gasteiger partial charge < -0.3 is 9.30 Å². The van der Waals surface area contributed by atoms with E-state index in [0.717, 1.165) is 48.1 Å². The molecule has 0 unspecified atom stereocenters. The van der Waals surface area contributed by atoms with E-state index in [2.05, 4.69) is 16.0 Å². The average molecular weight is 363 g/mol. The molecule has 0 bridgehead atoms. The van der Waals surface area contributed by atoms with Crippen molar-refractivity contribution in [2.45, 2.75) is 32.1 Å². The van der Waals surface area contributed by atoms with Crippen molar-refractivity contribution in [2.24, 2.45) is 7.05 Å². The Kier molecular flexibility index (Phi) is 5.32. The molecule has 4 rings (SSSR count). The molecule has 1 fully saturated rings. The van der Waals surface area contributed by atoms with E-state index in [1.54, 1.807) is 10.8 Å². The maximum absolute atomic E-state index is 12.7. The molecule has 1 atom stereocenters. The first-order chi connectivity index (χ1) is 13.2. The van der Waals surface area contributed by atoms with Crippen molar-refractivity contribution in [1.29, 1.82) is 0 Å². The van der Waals surface area contributed by atoms with Crippen molar-refractivity contribution in [3.8, 4) is 0 Å². The molecule has 0 radical (unpaired) electrons. The number of aromatic nitrogens is 2. The smallest absolute Gasteiger partial charge is 0.255 e. The van der Waals surface area contributed by atoms with Crippen LogP contribution in [-0.2, 0) is 24.9 Å². The van der Waals surface area contributed by atoms with E-state index < -0.39 is 0 Å². The number of rotatable bonds is 5. The third-order valence-corrected chi connectivity index (χ3v) is 5.26. The fraction of sp³-hybridized carbons (Fsp3) is 0.364. The Bertz CT molecular complexity index is 968. The number of hydrogen-bond acceptors (Lipinski definition) is 4. The summed E-state index contributed by atoms with van der Waals surface area (Å²) >= 11 is 0. The second kappa shape index (κ2) is 8.03. The van der Waals surface area contributed by atoms with E-state index in [1.807, 2.05) is 49.5 Å². The summed E-state index contributed by atoms with van der Waals surface area (Å²) in [5, 5.41) is 1.11. The number of para-hydroxylation sites is 1. The molecule has 1 aromatic carbocycles. The monoisotopic (exact) mass is 363 g/mol. The molecule has 1 saturated heterocycles. The van der Waals surface area contributed by atoms with Crippen molar-refractivity contribution in [3.63, 3.8) is 0 Å². The predicted molar refractivity (Wildman–Crippen MR) is 107 cm³/mol. The number of nitrogens with zero attached hydrogens (tertiary/aromatic N) is 3. The predicted octanol–water partition coefficient (Wildman–Crippen LogP) is 3.11. The minimum atomic E-state index is 0.0882. The zero-order valence-electron chi connectivity index (χ0n) is 15.7. The number of pyridine rings is 2. The topological polar surface area (TPSA) is 47.4 Å². The number of benzene rings is 1. The molecule has 5 heteroatoms. The van der Waals surface area contributed by atoms with Crippen molar-refractivity contribution < 1.29 is 4.74 Å². The lowest BCUT2D eigenvalue weighted by Gasteiger charge is -2.32. The number of fused-ring (bicyclic) bond motifs is 1. The van der Waals surface area contributed by atoms with Crippen LogP contribution in [0.3, 0.4) is 0 Å². The Morgan fingerprint density at radius 1 is 1.19 bits per heavy atom. The van der Waals surface area contributed by atoms with Crippen LogP contribution in [-0.4, -0.2) is 33.6 Å². The maximum Gasteiger partial charge on any atom is 0.255 e. The Balaban J connectivity index is 1.44. The number of aryl methyl sites for hydroxylation is 1. The molecule has 0 amide bonds. The van der Waals surface area contributed by atoms with Gasteiger partial charge in [0.15, 0.2) is 0 Å². The molecule has 1 aliphatic heterocycles. The number of piperidine rings is 1. The molecule has 5 nitrogen and oxygen atoms in total. The third kappa shape index (κ3) is 4.10. The summed E-state index contributed by atoms with van der Waals surface area (Å²) in [6.45, 7) is 3.06. The summed E-state index contributed by atoms with van der Waals surface area (Å²) in [4.78, 5) is 19.4. The number of hydrogen-bond donors (Lipinski definition) is 0. The third-order valence-electron chi connectivity index (χ3n) is 5.26. The van der Waals surface area contributed by atoms with Gasteiger partial charge >= 0.3 is 0 Å². The van der Waals surface area contributed by atoms with E-state index in [4.69, 9.17) is 4.74 Å². The van der Waals surface area contributed by atoms with Gasteiger partial charge in [-0.2, -0.15) is 0 Å². The van der Waals surface area contributed by atoms with Crippen LogP contribution in [0.25, 0.3) is 10.9 Å². The highest BCUT2D eigenvalue weighted by atomic mass is 16.5. The summed E-state index contributed by atoms with van der Waals surface area (Å²) in [6, 6.07) is 15.9. The van der Waals surface area contributed by atoms with Crippen LogP contribution in [0, 0.1) is 0 Å². The van der Waals surface area contributed by atoms with Crippen molar-refractivity contribution >= 4 is 10.9 Å². The molecule has 0 spiro atoms. The maximum atomic E-state index is 12.7. The molecule has 27 heavy (non-hydrogen) atoms. The first kappa shape index (κ1) is 17.9. The van der Waals surface area contributed by atoms with Crippen molar-refractivity contribution in [2.75, 3.05) is 13.1 Å². The van der Waals surface area contributed by atoms with E-state index in [0.29, 0.717) is 13.2 Å². The van der Waals surface area contributed by atoms with Crippen LogP contribution in [0.15, 0.2) is 59.5 Å². The number of ether oxygens (including phenoxy) is 1. The standard InChI is InChI=1S/C22H25N3O2/c1-24-21-10-3-2-7-17(21)13-18(22(24)26)14-25-12-6-9-20(15-25)27-16-19-8-4-5-11-23-19/h2-5,7-8,10-11,13,20H,6,9,12,14-16H2,1H3/t20-/m1/s1. The lowest BCUT2D eigenvalue weighted by molar-refractivity contribution is -0.0133. The molecule has 0 N–H and O–H groups in total. The van der Waals surface area contributed by atoms with E-state index in [9.17, 15) is 4.79 Å². The highest BCUT2D eigenvalue weighted by Crippen LogP contribution is 2.18. The minimum absolute atomic E-state index is 0.0882. The molecule has 0 saturated carbocycles. The quantitative estimate of drug-likeness (QED) is 0.699. The van der Waals surface area contributed by atoms with Gasteiger partial charge in [0.2, 0.25) is 0 Å². The zero-order chi connectivity index (χ0) is 18.6. The van der Waals surface area contributed by atoms with Gasteiger partial charge in [0.05, 0.1) is 23.9 Å². The van der Waals surface area contributed by atoms with Gasteiger partial charge in [-0.15, -0.1) is 0 Å². The molecule has 3 aromatic rings. The molecule has 0 aliphatic carbocycles. The first-order valence-electron chi connectivity index (χ1n) is 9.52. The summed E-state index contributed by atoms with van der Waals surface area (Å²) < 4.78 is 7.83. The fourth-order valence-electron chi connectivity index (χ4n) is 3.82. The average Bonchev–Trinajstić information content (AvgIpc) is 2.71. The molecule has 1 aliphatic rings. The van der Waals surface area contributed by atoms with Gasteiger partial charge in [0, 0.05) is 31.9 Å². The van der Waals surface area contributed by atoms with E-state index in [1.165, 1.54) is 0 Å².